The van der Waals surface area contributed by atoms with Gasteiger partial charge in [-0.1, -0.05) is 49.9 Å². The van der Waals surface area contributed by atoms with Gasteiger partial charge in [-0.2, -0.15) is 0 Å². The maximum atomic E-state index is 13.0. The summed E-state index contributed by atoms with van der Waals surface area (Å²) in [5, 5.41) is 13.9. The van der Waals surface area contributed by atoms with Crippen LogP contribution in [0.5, 0.6) is 0 Å². The van der Waals surface area contributed by atoms with Crippen LogP contribution in [0.3, 0.4) is 0 Å². The predicted octanol–water partition coefficient (Wildman–Crippen LogP) is 3.20. The number of fused-ring (bicyclic) bond motifs is 1. The molecule has 1 aromatic carbocycles. The van der Waals surface area contributed by atoms with Crippen LogP contribution < -0.4 is 5.32 Å². The molecule has 2 saturated carbocycles. The average Bonchev–Trinajstić information content (AvgIpc) is 2.61. The zero-order chi connectivity index (χ0) is 18.0. The fourth-order valence-corrected chi connectivity index (χ4v) is 5.03. The van der Waals surface area contributed by atoms with Gasteiger partial charge >= 0.3 is 0 Å². The Morgan fingerprint density at radius 3 is 2.65 bits per heavy atom. The molecule has 0 aromatic heterocycles. The van der Waals surface area contributed by atoms with Crippen LogP contribution in [0.1, 0.15) is 68.5 Å². The normalized spacial score (nSPS) is 25.4. The highest BCUT2D eigenvalue weighted by Gasteiger charge is 2.38. The SMILES string of the molecule is O=C(CNCC1(O)CCCCC1)N1CCc2ccccc2C1C1CCC1. The minimum Gasteiger partial charge on any atom is -0.389 e. The van der Waals surface area contributed by atoms with Gasteiger partial charge in [-0.05, 0) is 49.1 Å². The Balaban J connectivity index is 1.40. The first-order chi connectivity index (χ1) is 12.7. The van der Waals surface area contributed by atoms with Crippen LogP contribution in [0.2, 0.25) is 0 Å². The highest BCUT2D eigenvalue weighted by molar-refractivity contribution is 5.79. The largest absolute Gasteiger partial charge is 0.389 e. The monoisotopic (exact) mass is 356 g/mol. The first kappa shape index (κ1) is 18.0. The number of rotatable bonds is 5. The summed E-state index contributed by atoms with van der Waals surface area (Å²) in [7, 11) is 0. The molecule has 2 N–H and O–H groups in total. The van der Waals surface area contributed by atoms with Crippen LogP contribution in [-0.2, 0) is 11.2 Å². The van der Waals surface area contributed by atoms with Crippen LogP contribution in [0.25, 0.3) is 0 Å². The van der Waals surface area contributed by atoms with Crippen LogP contribution in [-0.4, -0.2) is 41.1 Å². The smallest absolute Gasteiger partial charge is 0.237 e. The summed E-state index contributed by atoms with van der Waals surface area (Å²) in [5.41, 5.74) is 2.17. The zero-order valence-electron chi connectivity index (χ0n) is 15.8. The first-order valence-electron chi connectivity index (χ1n) is 10.5. The van der Waals surface area contributed by atoms with Crippen molar-refractivity contribution >= 4 is 5.91 Å². The van der Waals surface area contributed by atoms with Gasteiger partial charge in [0.1, 0.15) is 0 Å². The van der Waals surface area contributed by atoms with Crippen molar-refractivity contribution < 1.29 is 9.90 Å². The van der Waals surface area contributed by atoms with E-state index >= 15 is 0 Å². The number of aliphatic hydroxyl groups is 1. The van der Waals surface area contributed by atoms with Crippen LogP contribution in [0.4, 0.5) is 0 Å². The van der Waals surface area contributed by atoms with Gasteiger partial charge in [0.05, 0.1) is 18.2 Å². The van der Waals surface area contributed by atoms with Crippen molar-refractivity contribution in [1.82, 2.24) is 10.2 Å². The van der Waals surface area contributed by atoms with Gasteiger partial charge in [0.15, 0.2) is 0 Å². The molecule has 1 aromatic rings. The molecule has 1 amide bonds. The molecule has 1 aliphatic heterocycles. The minimum atomic E-state index is -0.611. The lowest BCUT2D eigenvalue weighted by molar-refractivity contribution is -0.135. The Morgan fingerprint density at radius 1 is 1.15 bits per heavy atom. The highest BCUT2D eigenvalue weighted by Crippen LogP contribution is 2.44. The second kappa shape index (κ2) is 7.69. The molecule has 1 atom stereocenters. The number of nitrogens with one attached hydrogen (secondary N) is 1. The Morgan fingerprint density at radius 2 is 1.92 bits per heavy atom. The number of carbonyl (C=O) groups is 1. The summed E-state index contributed by atoms with van der Waals surface area (Å²) in [6.07, 6.45) is 9.83. The van der Waals surface area contributed by atoms with Crippen molar-refractivity contribution in [1.29, 1.82) is 0 Å². The molecule has 4 rings (SSSR count). The summed E-state index contributed by atoms with van der Waals surface area (Å²) in [6.45, 7) is 1.70. The molecule has 2 fully saturated rings. The number of amides is 1. The van der Waals surface area contributed by atoms with E-state index in [0.29, 0.717) is 19.0 Å². The third-order valence-corrected chi connectivity index (χ3v) is 6.76. The second-order valence-electron chi connectivity index (χ2n) is 8.56. The predicted molar refractivity (Wildman–Crippen MR) is 103 cm³/mol. The molecule has 26 heavy (non-hydrogen) atoms. The first-order valence-corrected chi connectivity index (χ1v) is 10.5. The molecule has 0 saturated heterocycles. The van der Waals surface area contributed by atoms with Crippen molar-refractivity contribution in [2.24, 2.45) is 5.92 Å². The summed E-state index contributed by atoms with van der Waals surface area (Å²) < 4.78 is 0. The lowest BCUT2D eigenvalue weighted by Gasteiger charge is -2.45. The van der Waals surface area contributed by atoms with Gasteiger partial charge in [0, 0.05) is 13.1 Å². The molecule has 1 unspecified atom stereocenters. The van der Waals surface area contributed by atoms with Crippen LogP contribution >= 0.6 is 0 Å². The third-order valence-electron chi connectivity index (χ3n) is 6.76. The third kappa shape index (κ3) is 3.67. The van der Waals surface area contributed by atoms with Crippen molar-refractivity contribution in [3.63, 3.8) is 0 Å². The fraction of sp³-hybridized carbons (Fsp3) is 0.682. The maximum absolute atomic E-state index is 13.0. The summed E-state index contributed by atoms with van der Waals surface area (Å²) in [4.78, 5) is 15.1. The van der Waals surface area contributed by atoms with Gasteiger partial charge in [-0.3, -0.25) is 4.79 Å². The van der Waals surface area contributed by atoms with Crippen molar-refractivity contribution in [2.45, 2.75) is 69.4 Å². The van der Waals surface area contributed by atoms with E-state index < -0.39 is 5.60 Å². The van der Waals surface area contributed by atoms with E-state index in [1.54, 1.807) is 0 Å². The molecule has 0 radical (unpaired) electrons. The summed E-state index contributed by atoms with van der Waals surface area (Å²) in [5.74, 6) is 0.804. The molecule has 1 heterocycles. The molecule has 0 bridgehead atoms. The molecule has 2 aliphatic carbocycles. The standard InChI is InChI=1S/C22H32N2O2/c25-20(15-23-16-22(26)12-4-1-5-13-22)24-14-11-17-7-2-3-10-19(17)21(24)18-8-6-9-18/h2-3,7,10,18,21,23,26H,1,4-6,8-9,11-16H2. The average molecular weight is 357 g/mol. The Kier molecular flexibility index (Phi) is 5.32. The molecule has 4 nitrogen and oxygen atoms in total. The number of carbonyl (C=O) groups excluding carboxylic acids is 1. The number of hydrogen-bond donors (Lipinski definition) is 2. The quantitative estimate of drug-likeness (QED) is 0.852. The molecule has 4 heteroatoms. The number of nitrogens with zero attached hydrogens (tertiary/aromatic N) is 1. The summed E-state index contributed by atoms with van der Waals surface area (Å²) >= 11 is 0. The van der Waals surface area contributed by atoms with Gasteiger partial charge in [-0.15, -0.1) is 0 Å². The highest BCUT2D eigenvalue weighted by atomic mass is 16.3. The van der Waals surface area contributed by atoms with E-state index in [4.69, 9.17) is 0 Å². The van der Waals surface area contributed by atoms with Gasteiger partial charge < -0.3 is 15.3 Å². The van der Waals surface area contributed by atoms with E-state index in [1.165, 1.54) is 36.8 Å². The minimum absolute atomic E-state index is 0.191. The van der Waals surface area contributed by atoms with Crippen molar-refractivity contribution in [2.75, 3.05) is 19.6 Å². The van der Waals surface area contributed by atoms with E-state index in [0.717, 1.165) is 38.6 Å². The maximum Gasteiger partial charge on any atom is 0.237 e. The lowest BCUT2D eigenvalue weighted by Crippen LogP contribution is -2.50. The second-order valence-corrected chi connectivity index (χ2v) is 8.56. The summed E-state index contributed by atoms with van der Waals surface area (Å²) in [6, 6.07) is 8.91. The number of hydrogen-bond acceptors (Lipinski definition) is 3. The van der Waals surface area contributed by atoms with Crippen molar-refractivity contribution in [3.8, 4) is 0 Å². The Labute approximate surface area is 157 Å². The van der Waals surface area contributed by atoms with E-state index in [-0.39, 0.29) is 11.9 Å². The Bertz CT molecular complexity index is 635. The van der Waals surface area contributed by atoms with Gasteiger partial charge in [-0.25, -0.2) is 0 Å². The fourth-order valence-electron chi connectivity index (χ4n) is 5.03. The molecular formula is C22H32N2O2. The van der Waals surface area contributed by atoms with E-state index in [2.05, 4.69) is 34.5 Å². The van der Waals surface area contributed by atoms with Gasteiger partial charge in [0.25, 0.3) is 0 Å². The topological polar surface area (TPSA) is 52.6 Å². The lowest BCUT2D eigenvalue weighted by atomic mass is 9.74. The molecule has 142 valence electrons. The van der Waals surface area contributed by atoms with Crippen LogP contribution in [0.15, 0.2) is 24.3 Å². The van der Waals surface area contributed by atoms with Gasteiger partial charge in [0.2, 0.25) is 5.91 Å². The van der Waals surface area contributed by atoms with E-state index in [1.807, 2.05) is 0 Å². The molecular weight excluding hydrogens is 324 g/mol. The zero-order valence-corrected chi connectivity index (χ0v) is 15.8. The van der Waals surface area contributed by atoms with Crippen molar-refractivity contribution in [3.05, 3.63) is 35.4 Å². The Hall–Kier alpha value is -1.39. The molecule has 3 aliphatic rings. The number of benzene rings is 1. The van der Waals surface area contributed by atoms with E-state index in [9.17, 15) is 9.90 Å². The molecule has 0 spiro atoms. The van der Waals surface area contributed by atoms with Crippen LogP contribution in [0, 0.1) is 5.92 Å².